The summed E-state index contributed by atoms with van der Waals surface area (Å²) in [5, 5.41) is 5.39. The predicted octanol–water partition coefficient (Wildman–Crippen LogP) is -0.375. The van der Waals surface area contributed by atoms with E-state index in [1.807, 2.05) is 0 Å². The van der Waals surface area contributed by atoms with Gasteiger partial charge in [0.05, 0.1) is 32.1 Å². The van der Waals surface area contributed by atoms with Gasteiger partial charge in [-0.3, -0.25) is 4.79 Å². The van der Waals surface area contributed by atoms with Crippen molar-refractivity contribution in [1.82, 2.24) is 10.3 Å². The molecule has 0 unspecified atom stereocenters. The Hall–Kier alpha value is -2.35. The molecule has 1 heterocycles. The Bertz CT molecular complexity index is 479. The van der Waals surface area contributed by atoms with Gasteiger partial charge in [0.25, 0.3) is 0 Å². The third kappa shape index (κ3) is 4.73. The highest BCUT2D eigenvalue weighted by Gasteiger charge is 2.14. The first-order valence-corrected chi connectivity index (χ1v) is 5.91. The number of methoxy groups -OCH3 is 2. The summed E-state index contributed by atoms with van der Waals surface area (Å²) in [5.74, 6) is -0.573. The number of pyridine rings is 1. The molecule has 20 heavy (non-hydrogen) atoms. The van der Waals surface area contributed by atoms with Crippen LogP contribution in [-0.2, 0) is 14.3 Å². The number of nitrogen functional groups attached to an aromatic ring is 1. The molecule has 1 aromatic rings. The maximum absolute atomic E-state index is 11.6. The highest BCUT2D eigenvalue weighted by molar-refractivity contribution is 5.96. The van der Waals surface area contributed by atoms with Crippen LogP contribution in [0.4, 0.5) is 11.5 Å². The van der Waals surface area contributed by atoms with E-state index in [4.69, 9.17) is 10.5 Å². The SMILES string of the molecule is COCCNC(=O)CNc1ncc(N)cc1C(=O)OC. The zero-order valence-corrected chi connectivity index (χ0v) is 11.4. The Balaban J connectivity index is 2.63. The zero-order valence-electron chi connectivity index (χ0n) is 11.4. The van der Waals surface area contributed by atoms with Crippen molar-refractivity contribution in [2.45, 2.75) is 0 Å². The van der Waals surface area contributed by atoms with Crippen molar-refractivity contribution < 1.29 is 19.1 Å². The molecule has 0 saturated carbocycles. The first-order chi connectivity index (χ1) is 9.58. The largest absolute Gasteiger partial charge is 0.465 e. The molecule has 1 rings (SSSR count). The molecule has 0 spiro atoms. The Morgan fingerprint density at radius 3 is 2.80 bits per heavy atom. The van der Waals surface area contributed by atoms with Crippen molar-refractivity contribution in [3.05, 3.63) is 17.8 Å². The van der Waals surface area contributed by atoms with Gasteiger partial charge in [-0.1, -0.05) is 0 Å². The minimum absolute atomic E-state index is 0.0232. The van der Waals surface area contributed by atoms with Crippen LogP contribution in [-0.4, -0.2) is 50.8 Å². The van der Waals surface area contributed by atoms with E-state index in [1.54, 1.807) is 7.11 Å². The number of aromatic nitrogens is 1. The van der Waals surface area contributed by atoms with Gasteiger partial charge < -0.3 is 25.8 Å². The molecular weight excluding hydrogens is 264 g/mol. The minimum atomic E-state index is -0.577. The lowest BCUT2D eigenvalue weighted by Crippen LogP contribution is -2.32. The third-order valence-corrected chi connectivity index (χ3v) is 2.36. The number of hydrogen-bond acceptors (Lipinski definition) is 7. The van der Waals surface area contributed by atoms with E-state index in [-0.39, 0.29) is 23.8 Å². The van der Waals surface area contributed by atoms with Crippen molar-refractivity contribution in [2.75, 3.05) is 45.0 Å². The molecule has 0 fully saturated rings. The van der Waals surface area contributed by atoms with E-state index in [0.29, 0.717) is 18.8 Å². The van der Waals surface area contributed by atoms with Gasteiger partial charge in [-0.25, -0.2) is 9.78 Å². The number of carbonyl (C=O) groups is 2. The second-order valence-electron chi connectivity index (χ2n) is 3.85. The maximum atomic E-state index is 11.6. The van der Waals surface area contributed by atoms with Crippen molar-refractivity contribution in [1.29, 1.82) is 0 Å². The van der Waals surface area contributed by atoms with Gasteiger partial charge in [-0.05, 0) is 6.07 Å². The summed E-state index contributed by atoms with van der Waals surface area (Å²) in [4.78, 5) is 27.1. The normalized spacial score (nSPS) is 9.90. The second-order valence-corrected chi connectivity index (χ2v) is 3.85. The fourth-order valence-corrected chi connectivity index (χ4v) is 1.41. The monoisotopic (exact) mass is 282 g/mol. The van der Waals surface area contributed by atoms with Crippen LogP contribution >= 0.6 is 0 Å². The Kier molecular flexibility index (Phi) is 6.24. The molecule has 8 heteroatoms. The summed E-state index contributed by atoms with van der Waals surface area (Å²) in [6.45, 7) is 0.819. The average molecular weight is 282 g/mol. The molecular formula is C12H18N4O4. The zero-order chi connectivity index (χ0) is 15.0. The number of nitrogens with two attached hydrogens (primary N) is 1. The molecule has 0 bridgehead atoms. The molecule has 4 N–H and O–H groups in total. The van der Waals surface area contributed by atoms with Crippen LogP contribution in [0.3, 0.4) is 0 Å². The summed E-state index contributed by atoms with van der Waals surface area (Å²) in [6, 6.07) is 1.43. The molecule has 0 saturated heterocycles. The molecule has 0 aliphatic carbocycles. The fraction of sp³-hybridized carbons (Fsp3) is 0.417. The molecule has 8 nitrogen and oxygen atoms in total. The van der Waals surface area contributed by atoms with Gasteiger partial charge in [-0.15, -0.1) is 0 Å². The van der Waals surface area contributed by atoms with Crippen molar-refractivity contribution in [3.63, 3.8) is 0 Å². The van der Waals surface area contributed by atoms with Crippen molar-refractivity contribution in [3.8, 4) is 0 Å². The van der Waals surface area contributed by atoms with E-state index in [2.05, 4.69) is 20.4 Å². The van der Waals surface area contributed by atoms with Gasteiger partial charge in [-0.2, -0.15) is 0 Å². The van der Waals surface area contributed by atoms with Crippen LogP contribution in [0.25, 0.3) is 0 Å². The number of esters is 1. The van der Waals surface area contributed by atoms with Gasteiger partial charge in [0.2, 0.25) is 5.91 Å². The molecule has 0 aromatic carbocycles. The third-order valence-electron chi connectivity index (χ3n) is 2.36. The highest BCUT2D eigenvalue weighted by atomic mass is 16.5. The maximum Gasteiger partial charge on any atom is 0.341 e. The first kappa shape index (κ1) is 15.7. The van der Waals surface area contributed by atoms with Gasteiger partial charge in [0.1, 0.15) is 11.4 Å². The Morgan fingerprint density at radius 1 is 1.40 bits per heavy atom. The number of rotatable bonds is 7. The number of ether oxygens (including phenoxy) is 2. The smallest absolute Gasteiger partial charge is 0.341 e. The van der Waals surface area contributed by atoms with Crippen LogP contribution in [0, 0.1) is 0 Å². The topological polar surface area (TPSA) is 116 Å². The van der Waals surface area contributed by atoms with Crippen molar-refractivity contribution in [2.24, 2.45) is 0 Å². The van der Waals surface area contributed by atoms with E-state index in [9.17, 15) is 9.59 Å². The van der Waals surface area contributed by atoms with Gasteiger partial charge in [0.15, 0.2) is 0 Å². The molecule has 110 valence electrons. The van der Waals surface area contributed by atoms with E-state index in [1.165, 1.54) is 19.4 Å². The summed E-state index contributed by atoms with van der Waals surface area (Å²) < 4.78 is 9.44. The number of amides is 1. The van der Waals surface area contributed by atoms with Crippen LogP contribution in [0.1, 0.15) is 10.4 Å². The van der Waals surface area contributed by atoms with E-state index in [0.717, 1.165) is 0 Å². The standard InChI is InChI=1S/C12H18N4O4/c1-19-4-3-14-10(17)7-16-11-9(12(18)20-2)5-8(13)6-15-11/h5-6H,3-4,7,13H2,1-2H3,(H,14,17)(H,15,16). The molecule has 0 atom stereocenters. The van der Waals surface area contributed by atoms with Crippen LogP contribution in [0.15, 0.2) is 12.3 Å². The molecule has 0 aliphatic heterocycles. The summed E-state index contributed by atoms with van der Waals surface area (Å²) >= 11 is 0. The lowest BCUT2D eigenvalue weighted by atomic mass is 10.2. The molecule has 0 radical (unpaired) electrons. The molecule has 1 amide bonds. The first-order valence-electron chi connectivity index (χ1n) is 5.91. The highest BCUT2D eigenvalue weighted by Crippen LogP contribution is 2.16. The summed E-state index contributed by atoms with van der Waals surface area (Å²) in [6.07, 6.45) is 1.39. The minimum Gasteiger partial charge on any atom is -0.465 e. The number of hydrogen-bond donors (Lipinski definition) is 3. The summed E-state index contributed by atoms with van der Waals surface area (Å²) in [5.41, 5.74) is 6.08. The van der Waals surface area contributed by atoms with Crippen LogP contribution in [0.5, 0.6) is 0 Å². The molecule has 0 aliphatic rings. The fourth-order valence-electron chi connectivity index (χ4n) is 1.41. The van der Waals surface area contributed by atoms with Gasteiger partial charge in [0, 0.05) is 13.7 Å². The number of nitrogens with one attached hydrogen (secondary N) is 2. The Labute approximate surface area is 116 Å². The van der Waals surface area contributed by atoms with Crippen molar-refractivity contribution >= 4 is 23.4 Å². The van der Waals surface area contributed by atoms with E-state index < -0.39 is 5.97 Å². The number of carbonyl (C=O) groups excluding carboxylic acids is 2. The quantitative estimate of drug-likeness (QED) is 0.461. The average Bonchev–Trinajstić information content (AvgIpc) is 2.45. The van der Waals surface area contributed by atoms with Crippen LogP contribution < -0.4 is 16.4 Å². The Morgan fingerprint density at radius 2 is 2.15 bits per heavy atom. The molecule has 1 aromatic heterocycles. The van der Waals surface area contributed by atoms with E-state index >= 15 is 0 Å². The van der Waals surface area contributed by atoms with Gasteiger partial charge >= 0.3 is 5.97 Å². The number of nitrogens with zero attached hydrogens (tertiary/aromatic N) is 1. The predicted molar refractivity (Wildman–Crippen MR) is 73.4 cm³/mol. The van der Waals surface area contributed by atoms with Crippen LogP contribution in [0.2, 0.25) is 0 Å². The number of anilines is 2. The lowest BCUT2D eigenvalue weighted by Gasteiger charge is -2.10. The second kappa shape index (κ2) is 7.95. The lowest BCUT2D eigenvalue weighted by molar-refractivity contribution is -0.119. The summed E-state index contributed by atoms with van der Waals surface area (Å²) in [7, 11) is 2.80.